The van der Waals surface area contributed by atoms with E-state index in [9.17, 15) is 4.79 Å². The highest BCUT2D eigenvalue weighted by Gasteiger charge is 2.29. The second-order valence-electron chi connectivity index (χ2n) is 6.26. The zero-order chi connectivity index (χ0) is 16.4. The largest absolute Gasteiger partial charge is 0.465 e. The number of hydrogen-bond acceptors (Lipinski definition) is 3. The fourth-order valence-electron chi connectivity index (χ4n) is 4.01. The molecule has 3 rings (SSSR count). The lowest BCUT2D eigenvalue weighted by Crippen LogP contribution is -2.26. The molecule has 1 saturated heterocycles. The maximum Gasteiger partial charge on any atom is 0.340 e. The third kappa shape index (κ3) is 2.76. The van der Waals surface area contributed by atoms with Crippen molar-refractivity contribution >= 4 is 16.9 Å². The zero-order valence-corrected chi connectivity index (χ0v) is 14.2. The van der Waals surface area contributed by atoms with Crippen LogP contribution < -0.4 is 0 Å². The minimum absolute atomic E-state index is 0.251. The molecule has 1 aromatic heterocycles. The van der Waals surface area contributed by atoms with E-state index in [1.165, 1.54) is 7.11 Å². The van der Waals surface area contributed by atoms with Crippen molar-refractivity contribution in [2.45, 2.75) is 39.2 Å². The number of carbonyl (C=O) groups excluding carboxylic acids is 1. The highest BCUT2D eigenvalue weighted by atomic mass is 16.5. The van der Waals surface area contributed by atoms with E-state index in [0.29, 0.717) is 17.5 Å². The Morgan fingerprint density at radius 3 is 2.70 bits per heavy atom. The van der Waals surface area contributed by atoms with E-state index in [0.717, 1.165) is 49.1 Å². The van der Waals surface area contributed by atoms with Crippen molar-refractivity contribution in [1.29, 1.82) is 0 Å². The van der Waals surface area contributed by atoms with Crippen molar-refractivity contribution in [3.05, 3.63) is 35.5 Å². The Balaban J connectivity index is 2.15. The third-order valence-corrected chi connectivity index (χ3v) is 5.11. The molecular weight excluding hydrogens is 290 g/mol. The number of nitrogens with zero attached hydrogens (tertiary/aromatic N) is 1. The molecule has 1 aliphatic rings. The average molecular weight is 315 g/mol. The number of benzene rings is 1. The van der Waals surface area contributed by atoms with Gasteiger partial charge in [-0.05, 0) is 38.2 Å². The predicted molar refractivity (Wildman–Crippen MR) is 90.9 cm³/mol. The number of fused-ring (bicyclic) bond motifs is 1. The van der Waals surface area contributed by atoms with E-state index in [1.54, 1.807) is 0 Å². The maximum absolute atomic E-state index is 12.3. The average Bonchev–Trinajstić information content (AvgIpc) is 2.89. The van der Waals surface area contributed by atoms with Gasteiger partial charge in [-0.15, -0.1) is 0 Å². The highest BCUT2D eigenvalue weighted by molar-refractivity contribution is 6.05. The molecule has 0 spiro atoms. The lowest BCUT2D eigenvalue weighted by molar-refractivity contribution is 0.0480. The van der Waals surface area contributed by atoms with Crippen LogP contribution in [0, 0.1) is 12.8 Å². The van der Waals surface area contributed by atoms with E-state index < -0.39 is 0 Å². The van der Waals surface area contributed by atoms with Crippen molar-refractivity contribution in [3.8, 4) is 0 Å². The summed E-state index contributed by atoms with van der Waals surface area (Å²) in [7, 11) is 1.45. The summed E-state index contributed by atoms with van der Waals surface area (Å²) in [5.74, 6) is 0.341. The normalized spacial score (nSPS) is 17.3. The molecule has 0 bridgehead atoms. The number of rotatable bonds is 4. The van der Waals surface area contributed by atoms with Crippen LogP contribution in [0.15, 0.2) is 24.3 Å². The minimum Gasteiger partial charge on any atom is -0.465 e. The van der Waals surface area contributed by atoms with Crippen LogP contribution in [0.1, 0.15) is 48.3 Å². The smallest absolute Gasteiger partial charge is 0.340 e. The standard InChI is InChI=1S/C19H25NO3/c1-4-16(14-9-11-23-12-10-14)20-13(2)18(19(21)22-3)15-7-5-6-8-17(15)20/h5-8,14,16H,4,9-12H2,1-3H3. The topological polar surface area (TPSA) is 40.5 Å². The van der Waals surface area contributed by atoms with Gasteiger partial charge in [0.1, 0.15) is 0 Å². The van der Waals surface area contributed by atoms with Gasteiger partial charge in [0.25, 0.3) is 0 Å². The van der Waals surface area contributed by atoms with Gasteiger partial charge in [-0.1, -0.05) is 25.1 Å². The Bertz CT molecular complexity index is 698. The van der Waals surface area contributed by atoms with Crippen LogP contribution >= 0.6 is 0 Å². The quantitative estimate of drug-likeness (QED) is 0.797. The van der Waals surface area contributed by atoms with E-state index in [1.807, 2.05) is 25.1 Å². The first-order chi connectivity index (χ1) is 11.2. The van der Waals surface area contributed by atoms with Gasteiger partial charge < -0.3 is 14.0 Å². The SMILES string of the molecule is CCC(C1CCOCC1)n1c(C)c(C(=O)OC)c2ccccc21. The zero-order valence-electron chi connectivity index (χ0n) is 14.2. The summed E-state index contributed by atoms with van der Waals surface area (Å²) in [6.07, 6.45) is 3.21. The van der Waals surface area contributed by atoms with Gasteiger partial charge in [0.05, 0.1) is 12.7 Å². The van der Waals surface area contributed by atoms with Crippen molar-refractivity contribution in [3.63, 3.8) is 0 Å². The molecule has 1 atom stereocenters. The molecule has 0 amide bonds. The van der Waals surface area contributed by atoms with Crippen LogP contribution in [0.2, 0.25) is 0 Å². The van der Waals surface area contributed by atoms with E-state index in [2.05, 4.69) is 17.6 Å². The number of esters is 1. The summed E-state index contributed by atoms with van der Waals surface area (Å²) in [5, 5.41) is 0.988. The van der Waals surface area contributed by atoms with Crippen LogP contribution in [-0.2, 0) is 9.47 Å². The molecule has 1 unspecified atom stereocenters. The predicted octanol–water partition coefficient (Wildman–Crippen LogP) is 4.11. The van der Waals surface area contributed by atoms with Crippen LogP contribution in [0.4, 0.5) is 0 Å². The Labute approximate surface area is 137 Å². The van der Waals surface area contributed by atoms with Crippen LogP contribution in [-0.4, -0.2) is 30.9 Å². The fraction of sp³-hybridized carbons (Fsp3) is 0.526. The van der Waals surface area contributed by atoms with Gasteiger partial charge in [0, 0.05) is 35.9 Å². The molecule has 1 aromatic carbocycles. The van der Waals surface area contributed by atoms with Gasteiger partial charge in [-0.3, -0.25) is 0 Å². The number of para-hydroxylation sites is 1. The van der Waals surface area contributed by atoms with Gasteiger partial charge in [0.15, 0.2) is 0 Å². The first-order valence-electron chi connectivity index (χ1n) is 8.44. The summed E-state index contributed by atoms with van der Waals surface area (Å²) < 4.78 is 12.9. The summed E-state index contributed by atoms with van der Waals surface area (Å²) in [6.45, 7) is 5.94. The Morgan fingerprint density at radius 2 is 2.04 bits per heavy atom. The second-order valence-corrected chi connectivity index (χ2v) is 6.26. The summed E-state index contributed by atoms with van der Waals surface area (Å²) in [4.78, 5) is 12.3. The maximum atomic E-state index is 12.3. The number of hydrogen-bond donors (Lipinski definition) is 0. The van der Waals surface area contributed by atoms with E-state index >= 15 is 0 Å². The molecule has 2 heterocycles. The molecule has 0 N–H and O–H groups in total. The first-order valence-corrected chi connectivity index (χ1v) is 8.44. The summed E-state index contributed by atoms with van der Waals surface area (Å²) in [5.41, 5.74) is 2.84. The fourth-order valence-corrected chi connectivity index (χ4v) is 4.01. The number of aromatic nitrogens is 1. The molecule has 0 saturated carbocycles. The van der Waals surface area contributed by atoms with Crippen molar-refractivity contribution in [1.82, 2.24) is 4.57 Å². The van der Waals surface area contributed by atoms with Gasteiger partial charge in [0.2, 0.25) is 0 Å². The van der Waals surface area contributed by atoms with E-state index in [-0.39, 0.29) is 5.97 Å². The lowest BCUT2D eigenvalue weighted by atomic mass is 9.89. The molecule has 0 radical (unpaired) electrons. The first kappa shape index (κ1) is 16.1. The molecule has 124 valence electrons. The van der Waals surface area contributed by atoms with Crippen LogP contribution in [0.5, 0.6) is 0 Å². The molecule has 4 heteroatoms. The Morgan fingerprint density at radius 1 is 1.35 bits per heavy atom. The number of ether oxygens (including phenoxy) is 2. The third-order valence-electron chi connectivity index (χ3n) is 5.11. The Kier molecular flexibility index (Phi) is 4.71. The van der Waals surface area contributed by atoms with Gasteiger partial charge >= 0.3 is 5.97 Å². The Hall–Kier alpha value is -1.81. The minimum atomic E-state index is -0.251. The van der Waals surface area contributed by atoms with Gasteiger partial charge in [-0.2, -0.15) is 0 Å². The lowest BCUT2D eigenvalue weighted by Gasteiger charge is -2.32. The molecule has 23 heavy (non-hydrogen) atoms. The molecule has 0 aliphatic carbocycles. The second kappa shape index (κ2) is 6.75. The van der Waals surface area contributed by atoms with Gasteiger partial charge in [-0.25, -0.2) is 4.79 Å². The number of carbonyl (C=O) groups is 1. The van der Waals surface area contributed by atoms with Crippen LogP contribution in [0.25, 0.3) is 10.9 Å². The molecule has 1 aliphatic heterocycles. The summed E-state index contributed by atoms with van der Waals surface area (Å²) >= 11 is 0. The van der Waals surface area contributed by atoms with E-state index in [4.69, 9.17) is 9.47 Å². The van der Waals surface area contributed by atoms with Crippen molar-refractivity contribution in [2.24, 2.45) is 5.92 Å². The monoisotopic (exact) mass is 315 g/mol. The molecule has 1 fully saturated rings. The molecule has 2 aromatic rings. The molecule has 4 nitrogen and oxygen atoms in total. The van der Waals surface area contributed by atoms with Crippen molar-refractivity contribution in [2.75, 3.05) is 20.3 Å². The summed E-state index contributed by atoms with van der Waals surface area (Å²) in [6, 6.07) is 8.53. The highest BCUT2D eigenvalue weighted by Crippen LogP contribution is 2.37. The molecular formula is C19H25NO3. The van der Waals surface area contributed by atoms with Crippen molar-refractivity contribution < 1.29 is 14.3 Å². The number of methoxy groups -OCH3 is 1. The van der Waals surface area contributed by atoms with Crippen LogP contribution in [0.3, 0.4) is 0 Å².